The summed E-state index contributed by atoms with van der Waals surface area (Å²) in [6, 6.07) is 0.490. The molecule has 1 saturated heterocycles. The smallest absolute Gasteiger partial charge is 0.0698 e. The molecule has 0 aromatic carbocycles. The Labute approximate surface area is 81.9 Å². The highest BCUT2D eigenvalue weighted by atomic mass is 16.3. The van der Waals surface area contributed by atoms with Crippen molar-refractivity contribution in [3.63, 3.8) is 0 Å². The van der Waals surface area contributed by atoms with E-state index in [1.807, 2.05) is 13.8 Å². The summed E-state index contributed by atoms with van der Waals surface area (Å²) in [4.78, 5) is 2.33. The van der Waals surface area contributed by atoms with Gasteiger partial charge in [-0.05, 0) is 38.8 Å². The number of aliphatic hydroxyl groups excluding tert-OH is 1. The molecular formula is C11H23NO. The molecule has 0 bridgehead atoms. The van der Waals surface area contributed by atoms with Crippen LogP contribution in [-0.2, 0) is 0 Å². The van der Waals surface area contributed by atoms with Crippen molar-refractivity contribution in [2.45, 2.75) is 51.7 Å². The summed E-state index contributed by atoms with van der Waals surface area (Å²) < 4.78 is 0. The van der Waals surface area contributed by atoms with Crippen molar-refractivity contribution in [1.29, 1.82) is 0 Å². The maximum atomic E-state index is 9.71. The van der Waals surface area contributed by atoms with Gasteiger partial charge in [0, 0.05) is 6.04 Å². The number of likely N-dealkylation sites (N-methyl/N-ethyl adjacent to an activating group) is 1. The lowest BCUT2D eigenvalue weighted by Gasteiger charge is -2.33. The second-order valence-corrected chi connectivity index (χ2v) is 4.02. The highest BCUT2D eigenvalue weighted by molar-refractivity contribution is 4.93. The molecule has 0 spiro atoms. The second-order valence-electron chi connectivity index (χ2n) is 4.02. The Balaban J connectivity index is 0.000000396. The van der Waals surface area contributed by atoms with Crippen LogP contribution in [0.15, 0.2) is 0 Å². The van der Waals surface area contributed by atoms with Gasteiger partial charge in [0.25, 0.3) is 0 Å². The van der Waals surface area contributed by atoms with Gasteiger partial charge in [0.1, 0.15) is 0 Å². The van der Waals surface area contributed by atoms with Gasteiger partial charge in [-0.2, -0.15) is 0 Å². The van der Waals surface area contributed by atoms with Crippen LogP contribution < -0.4 is 0 Å². The minimum absolute atomic E-state index is 0.0405. The molecular weight excluding hydrogens is 162 g/mol. The summed E-state index contributed by atoms with van der Waals surface area (Å²) in [5.41, 5.74) is 0. The standard InChI is InChI=1S/C9H17NO.C2H6/c1-10-6-5-7-3-2-4-8(11)9(7)10;1-2/h7-9,11H,2-6H2,1H3;1-2H3. The number of hydrogen-bond acceptors (Lipinski definition) is 2. The van der Waals surface area contributed by atoms with Crippen LogP contribution in [0.4, 0.5) is 0 Å². The van der Waals surface area contributed by atoms with E-state index in [1.165, 1.54) is 25.8 Å². The first-order valence-electron chi connectivity index (χ1n) is 5.67. The number of hydrogen-bond donors (Lipinski definition) is 1. The second kappa shape index (κ2) is 4.97. The van der Waals surface area contributed by atoms with Gasteiger partial charge in [-0.15, -0.1) is 0 Å². The van der Waals surface area contributed by atoms with E-state index >= 15 is 0 Å². The topological polar surface area (TPSA) is 23.5 Å². The first-order valence-corrected chi connectivity index (χ1v) is 5.67. The molecule has 2 aliphatic rings. The molecule has 2 heteroatoms. The normalized spacial score (nSPS) is 39.2. The Morgan fingerprint density at radius 3 is 2.46 bits per heavy atom. The predicted octanol–water partition coefficient (Wildman–Crippen LogP) is 1.88. The van der Waals surface area contributed by atoms with E-state index in [4.69, 9.17) is 0 Å². The van der Waals surface area contributed by atoms with Gasteiger partial charge >= 0.3 is 0 Å². The highest BCUT2D eigenvalue weighted by Crippen LogP contribution is 2.35. The van der Waals surface area contributed by atoms with Crippen LogP contribution in [0.25, 0.3) is 0 Å². The van der Waals surface area contributed by atoms with Crippen molar-refractivity contribution in [3.8, 4) is 0 Å². The fraction of sp³-hybridized carbons (Fsp3) is 1.00. The molecule has 0 radical (unpaired) electrons. The maximum absolute atomic E-state index is 9.71. The summed E-state index contributed by atoms with van der Waals surface area (Å²) in [6.07, 6.45) is 4.85. The molecule has 3 unspecified atom stereocenters. The van der Waals surface area contributed by atoms with Crippen molar-refractivity contribution in [2.75, 3.05) is 13.6 Å². The van der Waals surface area contributed by atoms with Gasteiger partial charge < -0.3 is 10.0 Å². The van der Waals surface area contributed by atoms with E-state index in [0.29, 0.717) is 6.04 Å². The number of fused-ring (bicyclic) bond motifs is 1. The summed E-state index contributed by atoms with van der Waals surface area (Å²) >= 11 is 0. The third kappa shape index (κ3) is 2.23. The van der Waals surface area contributed by atoms with Crippen molar-refractivity contribution in [3.05, 3.63) is 0 Å². The molecule has 0 aromatic rings. The first-order chi connectivity index (χ1) is 6.29. The highest BCUT2D eigenvalue weighted by Gasteiger charge is 2.38. The summed E-state index contributed by atoms with van der Waals surface area (Å²) in [7, 11) is 2.14. The number of likely N-dealkylation sites (tertiary alicyclic amines) is 1. The molecule has 13 heavy (non-hydrogen) atoms. The lowest BCUT2D eigenvalue weighted by molar-refractivity contribution is 0.0340. The Bertz CT molecular complexity index is 147. The molecule has 0 amide bonds. The Hall–Kier alpha value is -0.0800. The monoisotopic (exact) mass is 185 g/mol. The Kier molecular flexibility index (Phi) is 4.20. The van der Waals surface area contributed by atoms with E-state index in [2.05, 4.69) is 11.9 Å². The van der Waals surface area contributed by atoms with Crippen molar-refractivity contribution in [1.82, 2.24) is 4.90 Å². The average Bonchev–Trinajstić information content (AvgIpc) is 2.53. The maximum Gasteiger partial charge on any atom is 0.0698 e. The lowest BCUT2D eigenvalue weighted by Crippen LogP contribution is -2.42. The van der Waals surface area contributed by atoms with Crippen LogP contribution in [0.3, 0.4) is 0 Å². The fourth-order valence-corrected chi connectivity index (χ4v) is 2.73. The molecule has 1 aliphatic carbocycles. The van der Waals surface area contributed by atoms with E-state index < -0.39 is 0 Å². The van der Waals surface area contributed by atoms with Crippen molar-refractivity contribution >= 4 is 0 Å². The zero-order chi connectivity index (χ0) is 9.84. The van der Waals surface area contributed by atoms with E-state index in [9.17, 15) is 5.11 Å². The molecule has 1 saturated carbocycles. The van der Waals surface area contributed by atoms with E-state index in [0.717, 1.165) is 12.3 Å². The number of rotatable bonds is 0. The zero-order valence-electron chi connectivity index (χ0n) is 9.16. The minimum atomic E-state index is -0.0405. The van der Waals surface area contributed by atoms with Gasteiger partial charge in [-0.3, -0.25) is 0 Å². The van der Waals surface area contributed by atoms with Crippen LogP contribution >= 0.6 is 0 Å². The third-order valence-electron chi connectivity index (χ3n) is 3.31. The van der Waals surface area contributed by atoms with Gasteiger partial charge in [0.05, 0.1) is 6.10 Å². The van der Waals surface area contributed by atoms with E-state index in [-0.39, 0.29) is 6.10 Å². The van der Waals surface area contributed by atoms with Crippen LogP contribution in [-0.4, -0.2) is 35.7 Å². The van der Waals surface area contributed by atoms with Crippen LogP contribution in [0.2, 0.25) is 0 Å². The van der Waals surface area contributed by atoms with E-state index in [1.54, 1.807) is 0 Å². The zero-order valence-corrected chi connectivity index (χ0v) is 9.16. The summed E-state index contributed by atoms with van der Waals surface area (Å²) in [5.74, 6) is 0.795. The van der Waals surface area contributed by atoms with Crippen LogP contribution in [0, 0.1) is 5.92 Å². The number of nitrogens with zero attached hydrogens (tertiary/aromatic N) is 1. The molecule has 1 aliphatic heterocycles. The van der Waals surface area contributed by atoms with Gasteiger partial charge in [-0.25, -0.2) is 0 Å². The van der Waals surface area contributed by atoms with Crippen molar-refractivity contribution in [2.24, 2.45) is 5.92 Å². The van der Waals surface area contributed by atoms with Gasteiger partial charge in [0.2, 0.25) is 0 Å². The minimum Gasteiger partial charge on any atom is -0.391 e. The molecule has 2 rings (SSSR count). The molecule has 1 N–H and O–H groups in total. The predicted molar refractivity (Wildman–Crippen MR) is 55.7 cm³/mol. The lowest BCUT2D eigenvalue weighted by atomic mass is 9.83. The molecule has 78 valence electrons. The molecule has 2 fully saturated rings. The van der Waals surface area contributed by atoms with Gasteiger partial charge in [-0.1, -0.05) is 20.3 Å². The van der Waals surface area contributed by atoms with Crippen LogP contribution in [0.1, 0.15) is 39.5 Å². The van der Waals surface area contributed by atoms with Crippen LogP contribution in [0.5, 0.6) is 0 Å². The molecule has 0 aromatic heterocycles. The SMILES string of the molecule is CC.CN1CCC2CCCC(O)C21. The fourth-order valence-electron chi connectivity index (χ4n) is 2.73. The Morgan fingerprint density at radius 2 is 1.85 bits per heavy atom. The third-order valence-corrected chi connectivity index (χ3v) is 3.31. The summed E-state index contributed by atoms with van der Waals surface area (Å²) in [6.45, 7) is 5.19. The first kappa shape index (κ1) is 11.0. The molecule has 3 atom stereocenters. The van der Waals surface area contributed by atoms with Gasteiger partial charge in [0.15, 0.2) is 0 Å². The molecule has 1 heterocycles. The number of aliphatic hydroxyl groups is 1. The average molecular weight is 185 g/mol. The molecule has 2 nitrogen and oxygen atoms in total. The Morgan fingerprint density at radius 1 is 1.15 bits per heavy atom. The van der Waals surface area contributed by atoms with Crippen molar-refractivity contribution < 1.29 is 5.11 Å². The quantitative estimate of drug-likeness (QED) is 0.623. The summed E-state index contributed by atoms with van der Waals surface area (Å²) in [5, 5.41) is 9.71. The largest absolute Gasteiger partial charge is 0.391 e.